The van der Waals surface area contributed by atoms with Gasteiger partial charge in [-0.15, -0.1) is 6.58 Å². The van der Waals surface area contributed by atoms with Crippen LogP contribution in [0, 0.1) is 11.3 Å². The number of benzene rings is 2. The number of piperidine rings is 1. The third kappa shape index (κ3) is 4.90. The van der Waals surface area contributed by atoms with E-state index in [1.165, 1.54) is 0 Å². The van der Waals surface area contributed by atoms with Gasteiger partial charge in [-0.2, -0.15) is 0 Å². The predicted molar refractivity (Wildman–Crippen MR) is 133 cm³/mol. The highest BCUT2D eigenvalue weighted by atomic mass is 35.5. The third-order valence-corrected chi connectivity index (χ3v) is 7.17. The van der Waals surface area contributed by atoms with Gasteiger partial charge in [-0.25, -0.2) is 0 Å². The van der Waals surface area contributed by atoms with E-state index >= 15 is 0 Å². The molecule has 5 atom stereocenters. The van der Waals surface area contributed by atoms with Gasteiger partial charge in [0.2, 0.25) is 5.91 Å². The first kappa shape index (κ1) is 24.8. The highest BCUT2D eigenvalue weighted by molar-refractivity contribution is 6.30. The van der Waals surface area contributed by atoms with Crippen molar-refractivity contribution in [2.75, 3.05) is 0 Å². The van der Waals surface area contributed by atoms with Gasteiger partial charge in [-0.3, -0.25) is 4.79 Å². The zero-order valence-electron chi connectivity index (χ0n) is 19.3. The van der Waals surface area contributed by atoms with Crippen LogP contribution in [-0.2, 0) is 4.79 Å². The van der Waals surface area contributed by atoms with E-state index in [0.717, 1.165) is 11.1 Å². The second kappa shape index (κ2) is 9.99. The van der Waals surface area contributed by atoms with Gasteiger partial charge >= 0.3 is 0 Å². The number of carbonyl (C=O) groups is 1. The van der Waals surface area contributed by atoms with Crippen molar-refractivity contribution in [3.8, 4) is 0 Å². The molecule has 1 heterocycles. The van der Waals surface area contributed by atoms with Gasteiger partial charge in [0.1, 0.15) is 0 Å². The molecule has 1 aliphatic rings. The molecule has 3 rings (SSSR count). The Hall–Kier alpha value is -1.81. The van der Waals surface area contributed by atoms with Crippen LogP contribution in [0.4, 0.5) is 0 Å². The van der Waals surface area contributed by atoms with Crippen LogP contribution >= 0.6 is 23.2 Å². The van der Waals surface area contributed by atoms with Crippen molar-refractivity contribution in [3.05, 3.63) is 82.4 Å². The zero-order valence-corrected chi connectivity index (χ0v) is 20.8. The second-order valence-electron chi connectivity index (χ2n) is 9.60. The number of likely N-dealkylation sites (tertiary alicyclic amines) is 1. The third-order valence-electron chi connectivity index (χ3n) is 6.68. The largest absolute Gasteiger partial charge is 0.391 e. The number of carbonyl (C=O) groups excluding carboxylic acids is 1. The molecule has 0 aromatic heterocycles. The minimum atomic E-state index is -0.681. The SMILES string of the molecule is C=CC[C@@]1(C)CC(c2cccc(Cl)c2)[C@@H](c2ccc(Cl)cc2)N(C(C(C)C)[C@H](C)O)C1=O. The summed E-state index contributed by atoms with van der Waals surface area (Å²) in [6, 6.07) is 15.0. The molecule has 1 aliphatic heterocycles. The number of halogens is 2. The van der Waals surface area contributed by atoms with E-state index in [9.17, 15) is 9.90 Å². The molecule has 2 aromatic carbocycles. The number of rotatable bonds is 7. The van der Waals surface area contributed by atoms with Crippen LogP contribution in [0.2, 0.25) is 10.0 Å². The molecule has 0 spiro atoms. The average Bonchev–Trinajstić information content (AvgIpc) is 2.72. The molecule has 2 aromatic rings. The molecule has 1 fully saturated rings. The summed E-state index contributed by atoms with van der Waals surface area (Å²) in [4.78, 5) is 16.0. The number of hydrogen-bond donors (Lipinski definition) is 1. The summed E-state index contributed by atoms with van der Waals surface area (Å²) in [6.07, 6.45) is 2.37. The first-order chi connectivity index (χ1) is 15.1. The lowest BCUT2D eigenvalue weighted by Crippen LogP contribution is -2.59. The Morgan fingerprint density at radius 3 is 2.31 bits per heavy atom. The molecule has 0 aliphatic carbocycles. The van der Waals surface area contributed by atoms with Crippen LogP contribution in [0.15, 0.2) is 61.2 Å². The summed E-state index contributed by atoms with van der Waals surface area (Å²) in [5.74, 6) is 0.118. The fourth-order valence-electron chi connectivity index (χ4n) is 5.33. The lowest BCUT2D eigenvalue weighted by Gasteiger charge is -2.53. The maximum atomic E-state index is 14.1. The van der Waals surface area contributed by atoms with Crippen molar-refractivity contribution in [2.45, 2.75) is 64.6 Å². The van der Waals surface area contributed by atoms with Crippen molar-refractivity contribution in [1.82, 2.24) is 4.90 Å². The monoisotopic (exact) mass is 473 g/mol. The molecule has 1 N–H and O–H groups in total. The van der Waals surface area contributed by atoms with Crippen LogP contribution in [0.1, 0.15) is 63.6 Å². The minimum absolute atomic E-state index is 0.00229. The van der Waals surface area contributed by atoms with Crippen LogP contribution < -0.4 is 0 Å². The standard InChI is InChI=1S/C27H33Cl2NO2/c1-6-14-27(5)16-23(20-8-7-9-22(29)15-20)25(19-10-12-21(28)13-11-19)30(26(27)32)24(17(2)3)18(4)31/h6-13,15,17-18,23-25,31H,1,14,16H2,2-5H3/t18-,23?,24?,25+,27-/m0/s1. The van der Waals surface area contributed by atoms with Gasteiger partial charge in [0.05, 0.1) is 23.6 Å². The fourth-order valence-corrected chi connectivity index (χ4v) is 5.65. The highest BCUT2D eigenvalue weighted by Crippen LogP contribution is 2.52. The van der Waals surface area contributed by atoms with E-state index in [0.29, 0.717) is 22.9 Å². The maximum Gasteiger partial charge on any atom is 0.229 e. The second-order valence-corrected chi connectivity index (χ2v) is 10.5. The Balaban J connectivity index is 2.27. The molecular formula is C27H33Cl2NO2. The van der Waals surface area contributed by atoms with Crippen molar-refractivity contribution in [3.63, 3.8) is 0 Å². The van der Waals surface area contributed by atoms with Gasteiger partial charge in [0, 0.05) is 16.0 Å². The number of amides is 1. The molecule has 32 heavy (non-hydrogen) atoms. The van der Waals surface area contributed by atoms with E-state index < -0.39 is 11.5 Å². The van der Waals surface area contributed by atoms with Crippen LogP contribution in [0.5, 0.6) is 0 Å². The van der Waals surface area contributed by atoms with Crippen LogP contribution in [-0.4, -0.2) is 28.1 Å². The van der Waals surface area contributed by atoms with Crippen molar-refractivity contribution < 1.29 is 9.90 Å². The lowest BCUT2D eigenvalue weighted by atomic mass is 9.66. The number of aliphatic hydroxyl groups is 1. The quantitative estimate of drug-likeness (QED) is 0.438. The highest BCUT2D eigenvalue weighted by Gasteiger charge is 2.52. The van der Waals surface area contributed by atoms with E-state index in [1.54, 1.807) is 6.92 Å². The topological polar surface area (TPSA) is 40.5 Å². The molecule has 1 saturated heterocycles. The molecule has 1 amide bonds. The Morgan fingerprint density at radius 1 is 1.12 bits per heavy atom. The summed E-state index contributed by atoms with van der Waals surface area (Å²) in [6.45, 7) is 11.8. The van der Waals surface area contributed by atoms with Crippen molar-refractivity contribution in [1.29, 1.82) is 0 Å². The van der Waals surface area contributed by atoms with Crippen molar-refractivity contribution >= 4 is 29.1 Å². The summed E-state index contributed by atoms with van der Waals surface area (Å²) in [5, 5.41) is 12.1. The molecule has 0 saturated carbocycles. The van der Waals surface area contributed by atoms with Gasteiger partial charge < -0.3 is 10.0 Å². The number of nitrogens with zero attached hydrogens (tertiary/aromatic N) is 1. The zero-order chi connectivity index (χ0) is 23.6. The molecule has 3 nitrogen and oxygen atoms in total. The molecule has 0 radical (unpaired) electrons. The summed E-state index contributed by atoms with van der Waals surface area (Å²) < 4.78 is 0. The summed E-state index contributed by atoms with van der Waals surface area (Å²) in [5.41, 5.74) is 1.46. The molecule has 5 heteroatoms. The smallest absolute Gasteiger partial charge is 0.229 e. The summed E-state index contributed by atoms with van der Waals surface area (Å²) >= 11 is 12.6. The first-order valence-corrected chi connectivity index (χ1v) is 12.0. The number of hydrogen-bond acceptors (Lipinski definition) is 2. The molecule has 2 unspecified atom stereocenters. The maximum absolute atomic E-state index is 14.1. The van der Waals surface area contributed by atoms with Crippen molar-refractivity contribution in [2.24, 2.45) is 11.3 Å². The first-order valence-electron chi connectivity index (χ1n) is 11.2. The lowest BCUT2D eigenvalue weighted by molar-refractivity contribution is -0.160. The van der Waals surface area contributed by atoms with Gasteiger partial charge in [-0.05, 0) is 61.1 Å². The normalized spacial score (nSPS) is 25.6. The number of aliphatic hydroxyl groups excluding tert-OH is 1. The fraction of sp³-hybridized carbons (Fsp3) is 0.444. The Kier molecular flexibility index (Phi) is 7.75. The summed E-state index contributed by atoms with van der Waals surface area (Å²) in [7, 11) is 0. The van der Waals surface area contributed by atoms with Gasteiger partial charge in [-0.1, -0.05) is 74.3 Å². The number of allylic oxidation sites excluding steroid dienone is 1. The Morgan fingerprint density at radius 2 is 1.78 bits per heavy atom. The van der Waals surface area contributed by atoms with E-state index in [-0.39, 0.29) is 29.8 Å². The van der Waals surface area contributed by atoms with E-state index in [1.807, 2.05) is 60.4 Å². The minimum Gasteiger partial charge on any atom is -0.391 e. The Labute approximate surface area is 202 Å². The molecule has 172 valence electrons. The van der Waals surface area contributed by atoms with E-state index in [4.69, 9.17) is 23.2 Å². The molecule has 0 bridgehead atoms. The predicted octanol–water partition coefficient (Wildman–Crippen LogP) is 7.04. The van der Waals surface area contributed by atoms with Gasteiger partial charge in [0.25, 0.3) is 0 Å². The van der Waals surface area contributed by atoms with E-state index in [2.05, 4.69) is 26.5 Å². The van der Waals surface area contributed by atoms with Gasteiger partial charge in [0.15, 0.2) is 0 Å². The average molecular weight is 474 g/mol. The van der Waals surface area contributed by atoms with Crippen LogP contribution in [0.25, 0.3) is 0 Å². The Bertz CT molecular complexity index is 948. The van der Waals surface area contributed by atoms with Crippen LogP contribution in [0.3, 0.4) is 0 Å². The molecular weight excluding hydrogens is 441 g/mol.